The third kappa shape index (κ3) is 6.25. The molecule has 1 aromatic carbocycles. The normalized spacial score (nSPS) is 13.9. The number of nitrogens with one attached hydrogen (secondary N) is 2. The number of hydrogen-bond donors (Lipinski definition) is 3. The topological polar surface area (TPSA) is 69.8 Å². The summed E-state index contributed by atoms with van der Waals surface area (Å²) >= 11 is 1.57. The van der Waals surface area contributed by atoms with E-state index in [0.717, 1.165) is 30.7 Å². The summed E-state index contributed by atoms with van der Waals surface area (Å²) in [7, 11) is 0. The molecule has 0 radical (unpaired) electrons. The molecule has 0 saturated carbocycles. The van der Waals surface area contributed by atoms with Crippen molar-refractivity contribution in [2.75, 3.05) is 19.6 Å². The summed E-state index contributed by atoms with van der Waals surface area (Å²) in [6.07, 6.45) is 3.36. The van der Waals surface area contributed by atoms with Crippen LogP contribution in [0.3, 0.4) is 0 Å². The molecule has 148 valence electrons. The van der Waals surface area contributed by atoms with Crippen LogP contribution in [0.5, 0.6) is 0 Å². The van der Waals surface area contributed by atoms with Crippen LogP contribution in [0.15, 0.2) is 75.0 Å². The van der Waals surface area contributed by atoms with Gasteiger partial charge in [0, 0.05) is 19.5 Å². The van der Waals surface area contributed by atoms with Crippen molar-refractivity contribution < 1.29 is 9.52 Å². The summed E-state index contributed by atoms with van der Waals surface area (Å²) in [5.74, 6) is 1.62. The second-order valence-electron chi connectivity index (χ2n) is 6.87. The number of furan rings is 1. The highest BCUT2D eigenvalue weighted by Crippen LogP contribution is 2.23. The van der Waals surface area contributed by atoms with Crippen LogP contribution in [0, 0.1) is 0 Å². The van der Waals surface area contributed by atoms with Crippen LogP contribution < -0.4 is 10.6 Å². The first-order valence-electron chi connectivity index (χ1n) is 9.47. The van der Waals surface area contributed by atoms with Crippen LogP contribution in [0.4, 0.5) is 0 Å². The number of benzene rings is 1. The van der Waals surface area contributed by atoms with Crippen molar-refractivity contribution in [1.29, 1.82) is 0 Å². The molecule has 3 N–H and O–H groups in total. The molecular weight excluding hydrogens is 370 g/mol. The lowest BCUT2D eigenvalue weighted by Crippen LogP contribution is -2.40. The molecule has 0 saturated heterocycles. The summed E-state index contributed by atoms with van der Waals surface area (Å²) in [6, 6.07) is 16.1. The Hall–Kier alpha value is -2.57. The number of rotatable bonds is 9. The Balaban J connectivity index is 1.57. The Bertz CT molecular complexity index is 828. The van der Waals surface area contributed by atoms with Crippen molar-refractivity contribution in [2.45, 2.75) is 25.4 Å². The van der Waals surface area contributed by atoms with Gasteiger partial charge in [-0.25, -0.2) is 4.99 Å². The van der Waals surface area contributed by atoms with E-state index in [2.05, 4.69) is 27.8 Å². The van der Waals surface area contributed by atoms with E-state index in [9.17, 15) is 5.11 Å². The van der Waals surface area contributed by atoms with Gasteiger partial charge in [0.1, 0.15) is 11.4 Å². The monoisotopic (exact) mass is 397 g/mol. The Morgan fingerprint density at radius 3 is 2.54 bits per heavy atom. The highest BCUT2D eigenvalue weighted by molar-refractivity contribution is 7.08. The van der Waals surface area contributed by atoms with Gasteiger partial charge in [0.15, 0.2) is 5.96 Å². The number of aliphatic imine (C=N–C) groups is 1. The van der Waals surface area contributed by atoms with Crippen LogP contribution in [0.1, 0.15) is 23.8 Å². The van der Waals surface area contributed by atoms with Crippen LogP contribution >= 0.6 is 11.3 Å². The molecule has 3 aromatic rings. The second kappa shape index (κ2) is 10.1. The highest BCUT2D eigenvalue weighted by atomic mass is 32.1. The van der Waals surface area contributed by atoms with E-state index >= 15 is 0 Å². The predicted octanol–water partition coefficient (Wildman–Crippen LogP) is 3.57. The average molecular weight is 398 g/mol. The Kier molecular flexibility index (Phi) is 7.28. The minimum atomic E-state index is -0.991. The zero-order valence-electron chi connectivity index (χ0n) is 16.1. The molecule has 3 rings (SSSR count). The fourth-order valence-electron chi connectivity index (χ4n) is 2.80. The van der Waals surface area contributed by atoms with E-state index in [4.69, 9.17) is 4.42 Å². The summed E-state index contributed by atoms with van der Waals surface area (Å²) < 4.78 is 5.38. The van der Waals surface area contributed by atoms with E-state index < -0.39 is 5.60 Å². The SMILES string of the molecule is CC(O)(CN=C(NCCc1ccccc1)NCCc1ccco1)c1ccsc1. The van der Waals surface area contributed by atoms with Crippen LogP contribution in [0.2, 0.25) is 0 Å². The lowest BCUT2D eigenvalue weighted by molar-refractivity contribution is 0.0677. The van der Waals surface area contributed by atoms with Crippen LogP contribution in [-0.4, -0.2) is 30.7 Å². The van der Waals surface area contributed by atoms with Crippen molar-refractivity contribution in [3.63, 3.8) is 0 Å². The quantitative estimate of drug-likeness (QED) is 0.381. The number of nitrogens with zero attached hydrogens (tertiary/aromatic N) is 1. The van der Waals surface area contributed by atoms with Crippen molar-refractivity contribution in [3.8, 4) is 0 Å². The van der Waals surface area contributed by atoms with Gasteiger partial charge in [0.05, 0.1) is 12.8 Å². The summed E-state index contributed by atoms with van der Waals surface area (Å²) in [5.41, 5.74) is 1.17. The fourth-order valence-corrected chi connectivity index (χ4v) is 3.58. The number of hydrogen-bond acceptors (Lipinski definition) is 4. The maximum absolute atomic E-state index is 10.7. The Morgan fingerprint density at radius 1 is 1.07 bits per heavy atom. The first kappa shape index (κ1) is 20.2. The van der Waals surface area contributed by atoms with Gasteiger partial charge in [-0.15, -0.1) is 0 Å². The second-order valence-corrected chi connectivity index (χ2v) is 7.65. The van der Waals surface area contributed by atoms with Gasteiger partial charge in [-0.05, 0) is 53.4 Å². The van der Waals surface area contributed by atoms with E-state index in [1.54, 1.807) is 24.5 Å². The van der Waals surface area contributed by atoms with Gasteiger partial charge < -0.3 is 20.2 Å². The molecule has 2 aromatic heterocycles. The van der Waals surface area contributed by atoms with Gasteiger partial charge in [-0.3, -0.25) is 0 Å². The molecule has 6 heteroatoms. The third-order valence-electron chi connectivity index (χ3n) is 4.48. The molecule has 0 fully saturated rings. The maximum Gasteiger partial charge on any atom is 0.191 e. The third-order valence-corrected chi connectivity index (χ3v) is 5.16. The van der Waals surface area contributed by atoms with Crippen LogP contribution in [-0.2, 0) is 18.4 Å². The molecule has 0 amide bonds. The maximum atomic E-state index is 10.7. The lowest BCUT2D eigenvalue weighted by atomic mass is 10.00. The largest absolute Gasteiger partial charge is 0.469 e. The first-order valence-corrected chi connectivity index (χ1v) is 10.4. The zero-order chi connectivity index (χ0) is 19.7. The van der Waals surface area contributed by atoms with Crippen molar-refractivity contribution >= 4 is 17.3 Å². The fraction of sp³-hybridized carbons (Fsp3) is 0.318. The highest BCUT2D eigenvalue weighted by Gasteiger charge is 2.23. The molecular formula is C22H27N3O2S. The minimum absolute atomic E-state index is 0.283. The van der Waals surface area contributed by atoms with Gasteiger partial charge in [-0.2, -0.15) is 11.3 Å². The molecule has 1 atom stereocenters. The predicted molar refractivity (Wildman–Crippen MR) is 115 cm³/mol. The first-order chi connectivity index (χ1) is 13.6. The van der Waals surface area contributed by atoms with Gasteiger partial charge in [-0.1, -0.05) is 30.3 Å². The summed E-state index contributed by atoms with van der Waals surface area (Å²) in [4.78, 5) is 4.62. The number of guanidine groups is 1. The Labute approximate surface area is 170 Å². The molecule has 2 heterocycles. The summed E-state index contributed by atoms with van der Waals surface area (Å²) in [6.45, 7) is 3.54. The lowest BCUT2D eigenvalue weighted by Gasteiger charge is -2.21. The van der Waals surface area contributed by atoms with Gasteiger partial charge >= 0.3 is 0 Å². The van der Waals surface area contributed by atoms with Crippen LogP contribution in [0.25, 0.3) is 0 Å². The number of thiophene rings is 1. The standard InChI is InChI=1S/C22H27N3O2S/c1-22(26,19-11-15-28-16-19)17-25-21(24-13-10-20-8-5-14-27-20)23-12-9-18-6-3-2-4-7-18/h2-8,11,14-16,26H,9-10,12-13,17H2,1H3,(H2,23,24,25). The van der Waals surface area contributed by atoms with Crippen molar-refractivity contribution in [2.24, 2.45) is 4.99 Å². The molecule has 0 bridgehead atoms. The van der Waals surface area contributed by atoms with E-state index in [0.29, 0.717) is 12.5 Å². The minimum Gasteiger partial charge on any atom is -0.469 e. The zero-order valence-corrected chi connectivity index (χ0v) is 16.9. The van der Waals surface area contributed by atoms with E-state index in [1.165, 1.54) is 5.56 Å². The molecule has 28 heavy (non-hydrogen) atoms. The van der Waals surface area contributed by atoms with Crippen molar-refractivity contribution in [1.82, 2.24) is 10.6 Å². The van der Waals surface area contributed by atoms with E-state index in [1.807, 2.05) is 47.2 Å². The molecule has 0 aliphatic carbocycles. The molecule has 0 spiro atoms. The molecule has 5 nitrogen and oxygen atoms in total. The molecule has 0 aliphatic rings. The average Bonchev–Trinajstić information content (AvgIpc) is 3.41. The summed E-state index contributed by atoms with van der Waals surface area (Å²) in [5, 5.41) is 21.4. The molecule has 1 unspecified atom stereocenters. The number of aliphatic hydroxyl groups is 1. The molecule has 0 aliphatic heterocycles. The van der Waals surface area contributed by atoms with Gasteiger partial charge in [0.2, 0.25) is 0 Å². The smallest absolute Gasteiger partial charge is 0.191 e. The Morgan fingerprint density at radius 2 is 1.86 bits per heavy atom. The van der Waals surface area contributed by atoms with Gasteiger partial charge in [0.25, 0.3) is 0 Å². The van der Waals surface area contributed by atoms with E-state index in [-0.39, 0.29) is 6.54 Å². The van der Waals surface area contributed by atoms with Crippen molar-refractivity contribution in [3.05, 3.63) is 82.4 Å².